The molecule has 0 N–H and O–H groups in total. The number of halogens is 1. The number of hydrogen-bond acceptors (Lipinski definition) is 4. The predicted octanol–water partition coefficient (Wildman–Crippen LogP) is 3.78. The van der Waals surface area contributed by atoms with Gasteiger partial charge in [0.2, 0.25) is 0 Å². The molecule has 1 aromatic rings. The smallest absolute Gasteiger partial charge is 0.122 e. The third-order valence-corrected chi connectivity index (χ3v) is 3.81. The van der Waals surface area contributed by atoms with Crippen molar-refractivity contribution in [2.75, 3.05) is 46.1 Å². The minimum atomic E-state index is 0. The van der Waals surface area contributed by atoms with Crippen LogP contribution in [0.15, 0.2) is 24.3 Å². The molecular formula is C18H30ClNO3. The monoisotopic (exact) mass is 343 g/mol. The number of unbranched alkanes of at least 4 members (excludes halogenated alkanes) is 2. The molecule has 0 bridgehead atoms. The van der Waals surface area contributed by atoms with Crippen molar-refractivity contribution in [1.29, 1.82) is 0 Å². The van der Waals surface area contributed by atoms with Crippen molar-refractivity contribution in [3.05, 3.63) is 24.3 Å². The summed E-state index contributed by atoms with van der Waals surface area (Å²) in [6, 6.07) is 7.96. The fourth-order valence-electron chi connectivity index (χ4n) is 2.44. The van der Waals surface area contributed by atoms with Crippen molar-refractivity contribution in [1.82, 2.24) is 4.90 Å². The van der Waals surface area contributed by atoms with Crippen molar-refractivity contribution in [3.63, 3.8) is 0 Å². The standard InChI is InChI=1S/C18H29NO3.ClH/c1-2-3-12-21-17-7-6-8-18(16-17)22-13-5-4-9-19-10-14-20-15-11-19;/h6-8,16H,2-5,9-15H2,1H3;1H. The molecule has 0 spiro atoms. The fraction of sp³-hybridized carbons (Fsp3) is 0.667. The molecule has 1 aliphatic rings. The van der Waals surface area contributed by atoms with Crippen LogP contribution in [0, 0.1) is 0 Å². The highest BCUT2D eigenvalue weighted by Gasteiger charge is 2.09. The lowest BCUT2D eigenvalue weighted by Gasteiger charge is -2.26. The fourth-order valence-corrected chi connectivity index (χ4v) is 2.44. The maximum atomic E-state index is 5.82. The number of morpholine rings is 1. The SMILES string of the molecule is CCCCOc1cccc(OCCCCN2CCOCC2)c1.Cl. The zero-order valence-corrected chi connectivity index (χ0v) is 15.0. The summed E-state index contributed by atoms with van der Waals surface area (Å²) < 4.78 is 16.9. The Balaban J connectivity index is 0.00000264. The highest BCUT2D eigenvalue weighted by Crippen LogP contribution is 2.20. The first kappa shape index (κ1) is 20.1. The molecular weight excluding hydrogens is 314 g/mol. The molecule has 0 saturated carbocycles. The second kappa shape index (κ2) is 12.5. The molecule has 1 aliphatic heterocycles. The Hall–Kier alpha value is -0.970. The summed E-state index contributed by atoms with van der Waals surface area (Å²) in [4.78, 5) is 2.46. The highest BCUT2D eigenvalue weighted by molar-refractivity contribution is 5.85. The third-order valence-electron chi connectivity index (χ3n) is 3.81. The summed E-state index contributed by atoms with van der Waals surface area (Å²) >= 11 is 0. The van der Waals surface area contributed by atoms with Gasteiger partial charge in [-0.05, 0) is 37.9 Å². The maximum Gasteiger partial charge on any atom is 0.122 e. The van der Waals surface area contributed by atoms with E-state index in [0.29, 0.717) is 0 Å². The molecule has 0 radical (unpaired) electrons. The van der Waals surface area contributed by atoms with Crippen molar-refractivity contribution in [2.45, 2.75) is 32.6 Å². The molecule has 5 heteroatoms. The van der Waals surface area contributed by atoms with Crippen molar-refractivity contribution in [3.8, 4) is 11.5 Å². The molecule has 0 unspecified atom stereocenters. The minimum Gasteiger partial charge on any atom is -0.493 e. The largest absolute Gasteiger partial charge is 0.493 e. The Kier molecular flexibility index (Phi) is 10.9. The quantitative estimate of drug-likeness (QED) is 0.605. The van der Waals surface area contributed by atoms with E-state index in [0.717, 1.165) is 76.8 Å². The van der Waals surface area contributed by atoms with Gasteiger partial charge < -0.3 is 14.2 Å². The summed E-state index contributed by atoms with van der Waals surface area (Å²) in [5.74, 6) is 1.81. The predicted molar refractivity (Wildman–Crippen MR) is 96.1 cm³/mol. The van der Waals surface area contributed by atoms with E-state index < -0.39 is 0 Å². The van der Waals surface area contributed by atoms with E-state index in [2.05, 4.69) is 11.8 Å². The Morgan fingerprint density at radius 1 is 1.00 bits per heavy atom. The van der Waals surface area contributed by atoms with Gasteiger partial charge in [-0.15, -0.1) is 12.4 Å². The Labute approximate surface area is 146 Å². The van der Waals surface area contributed by atoms with Gasteiger partial charge in [-0.3, -0.25) is 4.90 Å². The summed E-state index contributed by atoms with van der Waals surface area (Å²) in [6.45, 7) is 8.74. The molecule has 1 saturated heterocycles. The molecule has 4 nitrogen and oxygen atoms in total. The van der Waals surface area contributed by atoms with E-state index in [-0.39, 0.29) is 12.4 Å². The molecule has 0 atom stereocenters. The summed E-state index contributed by atoms with van der Waals surface area (Å²) in [5.41, 5.74) is 0. The zero-order chi connectivity index (χ0) is 15.5. The van der Waals surface area contributed by atoms with Gasteiger partial charge in [-0.25, -0.2) is 0 Å². The highest BCUT2D eigenvalue weighted by atomic mass is 35.5. The van der Waals surface area contributed by atoms with E-state index in [9.17, 15) is 0 Å². The molecule has 0 aromatic heterocycles. The second-order valence-electron chi connectivity index (χ2n) is 5.69. The van der Waals surface area contributed by atoms with Crippen LogP contribution in [0.2, 0.25) is 0 Å². The van der Waals surface area contributed by atoms with Crippen LogP contribution >= 0.6 is 12.4 Å². The lowest BCUT2D eigenvalue weighted by Crippen LogP contribution is -2.36. The average molecular weight is 344 g/mol. The first-order chi connectivity index (χ1) is 10.9. The zero-order valence-electron chi connectivity index (χ0n) is 14.2. The average Bonchev–Trinajstić information content (AvgIpc) is 2.56. The van der Waals surface area contributed by atoms with Gasteiger partial charge in [-0.2, -0.15) is 0 Å². The molecule has 2 rings (SSSR count). The Morgan fingerprint density at radius 2 is 1.65 bits per heavy atom. The molecule has 23 heavy (non-hydrogen) atoms. The third kappa shape index (κ3) is 8.45. The number of ether oxygens (including phenoxy) is 3. The van der Waals surface area contributed by atoms with Crippen LogP contribution in [0.3, 0.4) is 0 Å². The van der Waals surface area contributed by atoms with Gasteiger partial charge in [0.05, 0.1) is 26.4 Å². The normalized spacial score (nSPS) is 15.0. The number of hydrogen-bond donors (Lipinski definition) is 0. The van der Waals surface area contributed by atoms with Gasteiger partial charge >= 0.3 is 0 Å². The lowest BCUT2D eigenvalue weighted by atomic mass is 10.3. The Bertz CT molecular complexity index is 411. The van der Waals surface area contributed by atoms with Crippen LogP contribution in [0.4, 0.5) is 0 Å². The minimum absolute atomic E-state index is 0. The molecule has 132 valence electrons. The maximum absolute atomic E-state index is 5.82. The molecule has 1 heterocycles. The summed E-state index contributed by atoms with van der Waals surface area (Å²) in [5, 5.41) is 0. The number of rotatable bonds is 10. The van der Waals surface area contributed by atoms with Crippen molar-refractivity contribution >= 4 is 12.4 Å². The van der Waals surface area contributed by atoms with Crippen LogP contribution in [0.1, 0.15) is 32.6 Å². The van der Waals surface area contributed by atoms with E-state index in [1.807, 2.05) is 24.3 Å². The van der Waals surface area contributed by atoms with Crippen molar-refractivity contribution in [2.24, 2.45) is 0 Å². The van der Waals surface area contributed by atoms with Crippen LogP contribution < -0.4 is 9.47 Å². The van der Waals surface area contributed by atoms with Crippen LogP contribution in [-0.4, -0.2) is 51.0 Å². The molecule has 1 aromatic carbocycles. The van der Waals surface area contributed by atoms with Crippen LogP contribution in [0.5, 0.6) is 11.5 Å². The van der Waals surface area contributed by atoms with E-state index in [1.54, 1.807) is 0 Å². The second-order valence-corrected chi connectivity index (χ2v) is 5.69. The first-order valence-corrected chi connectivity index (χ1v) is 8.54. The van der Waals surface area contributed by atoms with Crippen LogP contribution in [-0.2, 0) is 4.74 Å². The van der Waals surface area contributed by atoms with Gasteiger partial charge in [0.25, 0.3) is 0 Å². The first-order valence-electron chi connectivity index (χ1n) is 8.54. The van der Waals surface area contributed by atoms with Gasteiger partial charge in [0.1, 0.15) is 11.5 Å². The molecule has 0 amide bonds. The van der Waals surface area contributed by atoms with Gasteiger partial charge in [-0.1, -0.05) is 19.4 Å². The van der Waals surface area contributed by atoms with E-state index in [1.165, 1.54) is 6.42 Å². The van der Waals surface area contributed by atoms with Crippen LogP contribution in [0.25, 0.3) is 0 Å². The number of nitrogens with zero attached hydrogens (tertiary/aromatic N) is 1. The van der Waals surface area contributed by atoms with Crippen molar-refractivity contribution < 1.29 is 14.2 Å². The topological polar surface area (TPSA) is 30.9 Å². The van der Waals surface area contributed by atoms with E-state index >= 15 is 0 Å². The van der Waals surface area contributed by atoms with Gasteiger partial charge in [0, 0.05) is 19.2 Å². The Morgan fingerprint density at radius 3 is 2.30 bits per heavy atom. The van der Waals surface area contributed by atoms with Gasteiger partial charge in [0.15, 0.2) is 0 Å². The lowest BCUT2D eigenvalue weighted by molar-refractivity contribution is 0.0368. The summed E-state index contributed by atoms with van der Waals surface area (Å²) in [7, 11) is 0. The molecule has 1 fully saturated rings. The number of benzene rings is 1. The summed E-state index contributed by atoms with van der Waals surface area (Å²) in [6.07, 6.45) is 4.50. The molecule has 0 aliphatic carbocycles. The van der Waals surface area contributed by atoms with E-state index in [4.69, 9.17) is 14.2 Å².